The topological polar surface area (TPSA) is 44.4 Å². The lowest BCUT2D eigenvalue weighted by Crippen LogP contribution is -2.52. The fourth-order valence-corrected chi connectivity index (χ4v) is 3.53. The molecule has 2 fully saturated rings. The molecular weight excluding hydrogens is 321 g/mol. The zero-order chi connectivity index (χ0) is 14.4. The van der Waals surface area contributed by atoms with E-state index in [1.807, 2.05) is 0 Å². The number of halogens is 2. The van der Waals surface area contributed by atoms with E-state index in [0.29, 0.717) is 11.8 Å². The molecule has 2 aliphatic heterocycles. The van der Waals surface area contributed by atoms with E-state index < -0.39 is 0 Å². The van der Waals surface area contributed by atoms with Crippen LogP contribution in [0.3, 0.4) is 0 Å². The van der Waals surface area contributed by atoms with E-state index in [1.165, 1.54) is 32.1 Å². The van der Waals surface area contributed by atoms with Gasteiger partial charge in [0.15, 0.2) is 0 Å². The Morgan fingerprint density at radius 3 is 2.41 bits per heavy atom. The van der Waals surface area contributed by atoms with Crippen molar-refractivity contribution in [3.05, 3.63) is 0 Å². The van der Waals surface area contributed by atoms with Gasteiger partial charge in [0.25, 0.3) is 0 Å². The Hall–Kier alpha value is -0.0300. The Morgan fingerprint density at radius 2 is 1.86 bits per heavy atom. The molecule has 4 nitrogen and oxygen atoms in total. The summed E-state index contributed by atoms with van der Waals surface area (Å²) in [5, 5.41) is 6.62. The van der Waals surface area contributed by atoms with Gasteiger partial charge in [-0.15, -0.1) is 24.8 Å². The van der Waals surface area contributed by atoms with Gasteiger partial charge in [0.05, 0.1) is 6.04 Å². The van der Waals surface area contributed by atoms with Crippen LogP contribution < -0.4 is 10.6 Å². The summed E-state index contributed by atoms with van der Waals surface area (Å²) in [5.74, 6) is 1.24. The zero-order valence-electron chi connectivity index (χ0n) is 14.0. The van der Waals surface area contributed by atoms with Gasteiger partial charge >= 0.3 is 0 Å². The molecule has 2 N–H and O–H groups in total. The van der Waals surface area contributed by atoms with E-state index in [4.69, 9.17) is 0 Å². The smallest absolute Gasteiger partial charge is 0.237 e. The predicted octanol–water partition coefficient (Wildman–Crippen LogP) is 2.46. The van der Waals surface area contributed by atoms with Crippen LogP contribution in [0.1, 0.15) is 46.0 Å². The number of piperidine rings is 2. The highest BCUT2D eigenvalue weighted by atomic mass is 35.5. The van der Waals surface area contributed by atoms with Crippen LogP contribution >= 0.6 is 24.8 Å². The highest BCUT2D eigenvalue weighted by Gasteiger charge is 2.30. The largest absolute Gasteiger partial charge is 0.354 e. The van der Waals surface area contributed by atoms with Gasteiger partial charge in [-0.3, -0.25) is 9.69 Å². The summed E-state index contributed by atoms with van der Waals surface area (Å²) in [7, 11) is 0. The van der Waals surface area contributed by atoms with Gasteiger partial charge in [0.1, 0.15) is 0 Å². The number of carbonyl (C=O) groups excluding carboxylic acids is 1. The molecule has 2 unspecified atom stereocenters. The minimum Gasteiger partial charge on any atom is -0.354 e. The molecule has 0 spiro atoms. The van der Waals surface area contributed by atoms with Gasteiger partial charge in [-0.2, -0.15) is 0 Å². The molecule has 2 saturated heterocycles. The van der Waals surface area contributed by atoms with E-state index in [9.17, 15) is 4.79 Å². The van der Waals surface area contributed by atoms with E-state index >= 15 is 0 Å². The number of rotatable bonds is 5. The minimum absolute atomic E-state index is 0. The molecule has 6 heteroatoms. The zero-order valence-corrected chi connectivity index (χ0v) is 15.6. The van der Waals surface area contributed by atoms with Crippen molar-refractivity contribution in [2.45, 2.75) is 52.0 Å². The van der Waals surface area contributed by atoms with Crippen LogP contribution in [0.15, 0.2) is 0 Å². The lowest BCUT2D eigenvalue weighted by molar-refractivity contribution is -0.128. The number of likely N-dealkylation sites (tertiary alicyclic amines) is 1. The van der Waals surface area contributed by atoms with Crippen molar-refractivity contribution >= 4 is 30.7 Å². The fourth-order valence-electron chi connectivity index (χ4n) is 3.53. The number of carbonyl (C=O) groups is 1. The first-order valence-corrected chi connectivity index (χ1v) is 8.41. The van der Waals surface area contributed by atoms with Crippen molar-refractivity contribution < 1.29 is 4.79 Å². The van der Waals surface area contributed by atoms with Gasteiger partial charge < -0.3 is 10.6 Å². The summed E-state index contributed by atoms with van der Waals surface area (Å²) in [4.78, 5) is 14.9. The second-order valence-electron chi connectivity index (χ2n) is 6.74. The molecule has 0 saturated carbocycles. The molecule has 2 aliphatic rings. The van der Waals surface area contributed by atoms with Crippen molar-refractivity contribution in [1.82, 2.24) is 15.5 Å². The maximum absolute atomic E-state index is 12.6. The standard InChI is InChI=1S/C16H31N3O.2ClH/c1-13(2)15(19-9-4-3-5-10-19)16(20)18-12-14-7-6-8-17-11-14;;/h13-15,17H,3-12H2,1-2H3,(H,18,20);2*1H. The van der Waals surface area contributed by atoms with Crippen LogP contribution in [0, 0.1) is 11.8 Å². The molecule has 2 rings (SSSR count). The van der Waals surface area contributed by atoms with Crippen molar-refractivity contribution in [3.63, 3.8) is 0 Å². The third kappa shape index (κ3) is 6.61. The van der Waals surface area contributed by atoms with E-state index in [0.717, 1.165) is 32.7 Å². The van der Waals surface area contributed by atoms with E-state index in [-0.39, 0.29) is 36.8 Å². The highest BCUT2D eigenvalue weighted by Crippen LogP contribution is 2.18. The summed E-state index contributed by atoms with van der Waals surface area (Å²) in [6, 6.07) is 0.0619. The first-order valence-electron chi connectivity index (χ1n) is 8.41. The molecule has 0 aliphatic carbocycles. The van der Waals surface area contributed by atoms with Gasteiger partial charge in [-0.05, 0) is 63.7 Å². The number of hydrogen-bond donors (Lipinski definition) is 2. The van der Waals surface area contributed by atoms with E-state index in [1.54, 1.807) is 0 Å². The molecule has 0 bridgehead atoms. The number of nitrogens with zero attached hydrogens (tertiary/aromatic N) is 1. The number of amides is 1. The van der Waals surface area contributed by atoms with Gasteiger partial charge in [0, 0.05) is 6.54 Å². The van der Waals surface area contributed by atoms with Crippen LogP contribution in [0.5, 0.6) is 0 Å². The Morgan fingerprint density at radius 1 is 1.18 bits per heavy atom. The summed E-state index contributed by atoms with van der Waals surface area (Å²) in [6.07, 6.45) is 6.27. The molecule has 0 aromatic carbocycles. The predicted molar refractivity (Wildman–Crippen MR) is 97.1 cm³/mol. The Kier molecular flexibility index (Phi) is 11.5. The molecule has 0 aromatic rings. The molecule has 2 atom stereocenters. The number of nitrogens with one attached hydrogen (secondary N) is 2. The maximum Gasteiger partial charge on any atom is 0.237 e. The monoisotopic (exact) mass is 353 g/mol. The third-order valence-electron chi connectivity index (χ3n) is 4.65. The Balaban J connectivity index is 0.00000220. The van der Waals surface area contributed by atoms with Crippen LogP contribution in [0.25, 0.3) is 0 Å². The summed E-state index contributed by atoms with van der Waals surface area (Å²) in [5.41, 5.74) is 0. The second kappa shape index (κ2) is 11.5. The average molecular weight is 354 g/mol. The molecule has 132 valence electrons. The highest BCUT2D eigenvalue weighted by molar-refractivity contribution is 5.85. The first kappa shape index (κ1) is 22.0. The summed E-state index contributed by atoms with van der Waals surface area (Å²) < 4.78 is 0. The fraction of sp³-hybridized carbons (Fsp3) is 0.938. The van der Waals surface area contributed by atoms with Crippen LogP contribution in [-0.4, -0.2) is 49.6 Å². The third-order valence-corrected chi connectivity index (χ3v) is 4.65. The minimum atomic E-state index is 0. The van der Waals surface area contributed by atoms with Crippen LogP contribution in [0.4, 0.5) is 0 Å². The summed E-state index contributed by atoms with van der Waals surface area (Å²) >= 11 is 0. The van der Waals surface area contributed by atoms with Crippen molar-refractivity contribution in [2.75, 3.05) is 32.7 Å². The Bertz CT molecular complexity index is 304. The Labute approximate surface area is 148 Å². The normalized spacial score (nSPS) is 24.0. The van der Waals surface area contributed by atoms with Crippen molar-refractivity contribution in [1.29, 1.82) is 0 Å². The van der Waals surface area contributed by atoms with Gasteiger partial charge in [0.2, 0.25) is 5.91 Å². The second-order valence-corrected chi connectivity index (χ2v) is 6.74. The SMILES string of the molecule is CC(C)C(C(=O)NCC1CCCNC1)N1CCCCC1.Cl.Cl. The lowest BCUT2D eigenvalue weighted by Gasteiger charge is -2.36. The van der Waals surface area contributed by atoms with Crippen LogP contribution in [0.2, 0.25) is 0 Å². The average Bonchev–Trinajstić information content (AvgIpc) is 2.47. The molecule has 2 heterocycles. The number of hydrogen-bond acceptors (Lipinski definition) is 3. The van der Waals surface area contributed by atoms with Crippen molar-refractivity contribution in [3.8, 4) is 0 Å². The first-order chi connectivity index (χ1) is 9.68. The van der Waals surface area contributed by atoms with Crippen molar-refractivity contribution in [2.24, 2.45) is 11.8 Å². The maximum atomic E-state index is 12.6. The van der Waals surface area contributed by atoms with Gasteiger partial charge in [-0.1, -0.05) is 20.3 Å². The molecule has 1 amide bonds. The van der Waals surface area contributed by atoms with Crippen LogP contribution in [-0.2, 0) is 4.79 Å². The van der Waals surface area contributed by atoms with E-state index in [2.05, 4.69) is 29.4 Å². The summed E-state index contributed by atoms with van der Waals surface area (Å²) in [6.45, 7) is 9.52. The molecule has 22 heavy (non-hydrogen) atoms. The molecule has 0 radical (unpaired) electrons. The van der Waals surface area contributed by atoms with Gasteiger partial charge in [-0.25, -0.2) is 0 Å². The molecular formula is C16H33Cl2N3O. The molecule has 0 aromatic heterocycles. The quantitative estimate of drug-likeness (QED) is 0.797. The lowest BCUT2D eigenvalue weighted by atomic mass is 9.97.